The molecule has 86 valence electrons. The first-order valence-electron chi connectivity index (χ1n) is 6.16. The summed E-state index contributed by atoms with van der Waals surface area (Å²) in [5.41, 5.74) is 4.33. The Kier molecular flexibility index (Phi) is 2.90. The van der Waals surface area contributed by atoms with Crippen molar-refractivity contribution in [2.75, 3.05) is 5.88 Å². The second kappa shape index (κ2) is 4.54. The van der Waals surface area contributed by atoms with Gasteiger partial charge < -0.3 is 0 Å². The Balaban J connectivity index is 2.15. The largest absolute Gasteiger partial charge is 0.126 e. The highest BCUT2D eigenvalue weighted by molar-refractivity contribution is 6.17. The van der Waals surface area contributed by atoms with Gasteiger partial charge in [-0.05, 0) is 46.7 Å². The van der Waals surface area contributed by atoms with Crippen molar-refractivity contribution >= 4 is 28.4 Å². The summed E-state index contributed by atoms with van der Waals surface area (Å²) >= 11 is 5.70. The van der Waals surface area contributed by atoms with Gasteiger partial charge in [-0.25, -0.2) is 0 Å². The van der Waals surface area contributed by atoms with Crippen LogP contribution in [0, 0.1) is 0 Å². The molecule has 1 aliphatic rings. The molecule has 0 unspecified atom stereocenters. The summed E-state index contributed by atoms with van der Waals surface area (Å²) in [7, 11) is 0. The second-order valence-corrected chi connectivity index (χ2v) is 4.91. The van der Waals surface area contributed by atoms with Gasteiger partial charge in [-0.1, -0.05) is 42.5 Å². The highest BCUT2D eigenvalue weighted by atomic mass is 35.5. The third kappa shape index (κ3) is 1.87. The average Bonchev–Trinajstić information content (AvgIpc) is 2.78. The van der Waals surface area contributed by atoms with E-state index in [2.05, 4.69) is 42.5 Å². The van der Waals surface area contributed by atoms with Gasteiger partial charge >= 0.3 is 0 Å². The molecule has 0 aliphatic heterocycles. The van der Waals surface area contributed by atoms with E-state index in [9.17, 15) is 0 Å². The predicted octanol–water partition coefficient (Wildman–Crippen LogP) is 4.58. The van der Waals surface area contributed by atoms with Crippen LogP contribution in [-0.4, -0.2) is 5.88 Å². The molecule has 3 rings (SSSR count). The first kappa shape index (κ1) is 10.9. The maximum atomic E-state index is 5.70. The smallest absolute Gasteiger partial charge is 0.0258 e. The van der Waals surface area contributed by atoms with E-state index in [0.717, 1.165) is 6.42 Å². The van der Waals surface area contributed by atoms with Crippen molar-refractivity contribution in [1.29, 1.82) is 0 Å². The Bertz CT molecular complexity index is 571. The summed E-state index contributed by atoms with van der Waals surface area (Å²) in [6, 6.07) is 11.2. The minimum atomic E-state index is 0.692. The Morgan fingerprint density at radius 1 is 1.06 bits per heavy atom. The highest BCUT2D eigenvalue weighted by Crippen LogP contribution is 2.33. The van der Waals surface area contributed by atoms with Gasteiger partial charge in [0.15, 0.2) is 0 Å². The van der Waals surface area contributed by atoms with Crippen LogP contribution < -0.4 is 0 Å². The van der Waals surface area contributed by atoms with E-state index in [1.165, 1.54) is 40.3 Å². The van der Waals surface area contributed by atoms with Gasteiger partial charge in [0.05, 0.1) is 0 Å². The second-order valence-electron chi connectivity index (χ2n) is 4.53. The van der Waals surface area contributed by atoms with Crippen LogP contribution in [0.3, 0.4) is 0 Å². The third-order valence-electron chi connectivity index (χ3n) is 3.48. The third-order valence-corrected chi connectivity index (χ3v) is 3.70. The fourth-order valence-corrected chi connectivity index (χ4v) is 2.81. The molecule has 17 heavy (non-hydrogen) atoms. The molecule has 0 aromatic heterocycles. The molecule has 1 heteroatoms. The number of rotatable bonds is 3. The summed E-state index contributed by atoms with van der Waals surface area (Å²) in [5.74, 6) is 0.692. The topological polar surface area (TPSA) is 0 Å². The molecule has 0 radical (unpaired) electrons. The zero-order chi connectivity index (χ0) is 11.7. The number of halogens is 1. The quantitative estimate of drug-likeness (QED) is 0.691. The molecule has 0 fully saturated rings. The number of allylic oxidation sites excluding steroid dienone is 1. The monoisotopic (exact) mass is 242 g/mol. The number of benzene rings is 2. The fraction of sp³-hybridized carbons (Fsp3) is 0.250. The number of alkyl halides is 1. The highest BCUT2D eigenvalue weighted by Gasteiger charge is 2.14. The van der Waals surface area contributed by atoms with Crippen LogP contribution in [0.25, 0.3) is 16.8 Å². The van der Waals surface area contributed by atoms with E-state index in [1.54, 1.807) is 0 Å². The molecule has 0 spiro atoms. The average molecular weight is 243 g/mol. The molecule has 0 saturated carbocycles. The molecule has 0 atom stereocenters. The van der Waals surface area contributed by atoms with Crippen LogP contribution in [0.5, 0.6) is 0 Å². The molecule has 2 aromatic carbocycles. The molecule has 0 N–H and O–H groups in total. The molecule has 1 aliphatic carbocycles. The molecule has 0 nitrogen and oxygen atoms in total. The zero-order valence-electron chi connectivity index (χ0n) is 9.75. The van der Waals surface area contributed by atoms with Crippen molar-refractivity contribution in [2.45, 2.75) is 19.3 Å². The molecular weight excluding hydrogens is 228 g/mol. The first-order chi connectivity index (χ1) is 8.40. The molecule has 0 bridgehead atoms. The lowest BCUT2D eigenvalue weighted by molar-refractivity contribution is 1.02. The Labute approximate surface area is 107 Å². The normalized spacial score (nSPS) is 13.9. The maximum Gasteiger partial charge on any atom is 0.0258 e. The van der Waals surface area contributed by atoms with Crippen LogP contribution in [0.2, 0.25) is 0 Å². The van der Waals surface area contributed by atoms with Crippen molar-refractivity contribution in [2.24, 2.45) is 0 Å². The molecule has 0 amide bonds. The lowest BCUT2D eigenvalue weighted by Gasteiger charge is -2.05. The van der Waals surface area contributed by atoms with Crippen molar-refractivity contribution < 1.29 is 0 Å². The van der Waals surface area contributed by atoms with E-state index in [0.29, 0.717) is 5.88 Å². The standard InChI is InChI=1S/C16H15Cl/c17-11-2-1-4-12-7-8-14-10-9-13-5-3-6-15(12)16(13)14/h1,3-8H,2,9-11H2. The minimum Gasteiger partial charge on any atom is -0.126 e. The van der Waals surface area contributed by atoms with Crippen LogP contribution in [0.15, 0.2) is 36.4 Å². The summed E-state index contributed by atoms with van der Waals surface area (Å²) in [4.78, 5) is 0. The van der Waals surface area contributed by atoms with E-state index in [1.807, 2.05) is 0 Å². The molecule has 0 saturated heterocycles. The molecule has 2 aromatic rings. The van der Waals surface area contributed by atoms with Gasteiger partial charge in [0.2, 0.25) is 0 Å². The summed E-state index contributed by atoms with van der Waals surface area (Å²) < 4.78 is 0. The Morgan fingerprint density at radius 2 is 1.88 bits per heavy atom. The van der Waals surface area contributed by atoms with Crippen molar-refractivity contribution in [3.8, 4) is 0 Å². The van der Waals surface area contributed by atoms with E-state index in [-0.39, 0.29) is 0 Å². The predicted molar refractivity (Wildman–Crippen MR) is 75.7 cm³/mol. The summed E-state index contributed by atoms with van der Waals surface area (Å²) in [5, 5.41) is 2.88. The van der Waals surface area contributed by atoms with Gasteiger partial charge in [-0.2, -0.15) is 0 Å². The zero-order valence-corrected chi connectivity index (χ0v) is 10.5. The van der Waals surface area contributed by atoms with Crippen LogP contribution in [-0.2, 0) is 12.8 Å². The van der Waals surface area contributed by atoms with E-state index >= 15 is 0 Å². The number of hydrogen-bond acceptors (Lipinski definition) is 0. The van der Waals surface area contributed by atoms with Crippen LogP contribution in [0.1, 0.15) is 23.1 Å². The van der Waals surface area contributed by atoms with Crippen LogP contribution >= 0.6 is 11.6 Å². The van der Waals surface area contributed by atoms with Gasteiger partial charge in [-0.15, -0.1) is 11.6 Å². The van der Waals surface area contributed by atoms with Gasteiger partial charge in [0.1, 0.15) is 0 Å². The van der Waals surface area contributed by atoms with E-state index in [4.69, 9.17) is 11.6 Å². The SMILES string of the molecule is ClCCC=Cc1ccc2c3c(cccc13)CC2. The van der Waals surface area contributed by atoms with Crippen molar-refractivity contribution in [3.63, 3.8) is 0 Å². The first-order valence-corrected chi connectivity index (χ1v) is 6.69. The number of aryl methyl sites for hydroxylation is 2. The van der Waals surface area contributed by atoms with Crippen molar-refractivity contribution in [3.05, 3.63) is 53.1 Å². The van der Waals surface area contributed by atoms with Crippen LogP contribution in [0.4, 0.5) is 0 Å². The van der Waals surface area contributed by atoms with Gasteiger partial charge in [0.25, 0.3) is 0 Å². The fourth-order valence-electron chi connectivity index (χ4n) is 2.69. The minimum absolute atomic E-state index is 0.692. The maximum absolute atomic E-state index is 5.70. The van der Waals surface area contributed by atoms with E-state index < -0.39 is 0 Å². The van der Waals surface area contributed by atoms with Gasteiger partial charge in [-0.3, -0.25) is 0 Å². The number of hydrogen-bond donors (Lipinski definition) is 0. The summed E-state index contributed by atoms with van der Waals surface area (Å²) in [6.45, 7) is 0. The Hall–Kier alpha value is -1.27. The molecule has 0 heterocycles. The lowest BCUT2D eigenvalue weighted by Crippen LogP contribution is -1.82. The lowest BCUT2D eigenvalue weighted by atomic mass is 9.99. The Morgan fingerprint density at radius 3 is 2.71 bits per heavy atom. The molecular formula is C16H15Cl. The van der Waals surface area contributed by atoms with Gasteiger partial charge in [0, 0.05) is 5.88 Å². The van der Waals surface area contributed by atoms with Crippen molar-refractivity contribution in [1.82, 2.24) is 0 Å². The summed E-state index contributed by atoms with van der Waals surface area (Å²) in [6.07, 6.45) is 7.68.